The summed E-state index contributed by atoms with van der Waals surface area (Å²) in [5.74, 6) is -3.54. The number of alkyl halides is 3. The Hall–Kier alpha value is -6.58. The number of benzene rings is 4. The number of ether oxygens (including phenoxy) is 1. The van der Waals surface area contributed by atoms with Crippen LogP contribution in [0.1, 0.15) is 35.1 Å². The van der Waals surface area contributed by atoms with Crippen LogP contribution in [0.4, 0.5) is 18.0 Å². The van der Waals surface area contributed by atoms with E-state index in [9.17, 15) is 22.8 Å². The number of nitrogens with zero attached hydrogens (tertiary/aromatic N) is 2. The molecule has 0 fully saturated rings. The van der Waals surface area contributed by atoms with Gasteiger partial charge in [-0.15, -0.1) is 0 Å². The lowest BCUT2D eigenvalue weighted by Crippen LogP contribution is -2.57. The van der Waals surface area contributed by atoms with Gasteiger partial charge in [0.15, 0.2) is 5.96 Å². The SMILES string of the molecule is NC(=O)NCc1ccc(CN(C(=O)C(Oc2ccccc2)(c2ccccc2)c2ccccc2)[C@H](CCCN=C(N)N)C(N)=O)cc1.O=C(O)C(F)(F)F. The van der Waals surface area contributed by atoms with Crippen molar-refractivity contribution < 1.29 is 42.2 Å². The molecule has 0 saturated heterocycles. The van der Waals surface area contributed by atoms with E-state index < -0.39 is 41.6 Å². The van der Waals surface area contributed by atoms with Gasteiger partial charge in [-0.1, -0.05) is 103 Å². The van der Waals surface area contributed by atoms with Gasteiger partial charge >= 0.3 is 18.2 Å². The van der Waals surface area contributed by atoms with Crippen LogP contribution < -0.4 is 33.0 Å². The smallest absolute Gasteiger partial charge is 0.475 e. The monoisotopic (exact) mass is 735 g/mol. The quantitative estimate of drug-likeness (QED) is 0.0597. The summed E-state index contributed by atoms with van der Waals surface area (Å²) in [7, 11) is 0. The highest BCUT2D eigenvalue weighted by molar-refractivity contribution is 5.94. The molecule has 0 aliphatic carbocycles. The van der Waals surface area contributed by atoms with Gasteiger partial charge in [0.05, 0.1) is 0 Å². The van der Waals surface area contributed by atoms with E-state index in [2.05, 4.69) is 10.3 Å². The number of hydrogen-bond acceptors (Lipinski definition) is 6. The second kappa shape index (κ2) is 19.1. The third kappa shape index (κ3) is 12.0. The highest BCUT2D eigenvalue weighted by Gasteiger charge is 2.49. The number of primary amides is 2. The molecule has 4 amide bonds. The van der Waals surface area contributed by atoms with Crippen molar-refractivity contribution >= 4 is 29.8 Å². The number of nitrogens with one attached hydrogen (secondary N) is 1. The van der Waals surface area contributed by atoms with Crippen molar-refractivity contribution in [1.82, 2.24) is 10.2 Å². The van der Waals surface area contributed by atoms with E-state index in [1.807, 2.05) is 103 Å². The Morgan fingerprint density at radius 3 is 1.66 bits per heavy atom. The third-order valence-electron chi connectivity index (χ3n) is 7.66. The lowest BCUT2D eigenvalue weighted by molar-refractivity contribution is -0.192. The largest absolute Gasteiger partial charge is 0.490 e. The molecular weight excluding hydrogens is 695 g/mol. The molecule has 4 rings (SSSR count). The number of para-hydroxylation sites is 1. The number of aliphatic carboxylic acids is 1. The molecular formula is C37H40F3N7O6. The van der Waals surface area contributed by atoms with Gasteiger partial charge in [0.2, 0.25) is 11.5 Å². The van der Waals surface area contributed by atoms with E-state index in [1.165, 1.54) is 4.90 Å². The van der Waals surface area contributed by atoms with Gasteiger partial charge in [-0.05, 0) is 36.1 Å². The van der Waals surface area contributed by atoms with Crippen LogP contribution in [0.25, 0.3) is 0 Å². The lowest BCUT2D eigenvalue weighted by Gasteiger charge is -2.40. The Bertz CT molecular complexity index is 1790. The zero-order valence-corrected chi connectivity index (χ0v) is 28.4. The first-order chi connectivity index (χ1) is 25.1. The highest BCUT2D eigenvalue weighted by atomic mass is 19.4. The molecule has 16 heteroatoms. The first kappa shape index (κ1) is 40.8. The number of rotatable bonds is 15. The highest BCUT2D eigenvalue weighted by Crippen LogP contribution is 2.38. The number of urea groups is 1. The number of nitrogens with two attached hydrogens (primary N) is 4. The van der Waals surface area contributed by atoms with E-state index in [0.29, 0.717) is 23.3 Å². The molecule has 4 aromatic carbocycles. The normalized spacial score (nSPS) is 11.5. The Balaban J connectivity index is 0.000000980. The van der Waals surface area contributed by atoms with Gasteiger partial charge in [0.25, 0.3) is 5.91 Å². The molecule has 4 aromatic rings. The molecule has 0 aliphatic heterocycles. The van der Waals surface area contributed by atoms with E-state index in [0.717, 1.165) is 11.1 Å². The average Bonchev–Trinajstić information content (AvgIpc) is 3.13. The lowest BCUT2D eigenvalue weighted by atomic mass is 9.83. The number of guanidine groups is 1. The molecule has 53 heavy (non-hydrogen) atoms. The van der Waals surface area contributed by atoms with Crippen LogP contribution in [-0.4, -0.2) is 58.5 Å². The average molecular weight is 736 g/mol. The minimum atomic E-state index is -5.08. The summed E-state index contributed by atoms with van der Waals surface area (Å²) in [6.07, 6.45) is -4.50. The predicted octanol–water partition coefficient (Wildman–Crippen LogP) is 3.75. The summed E-state index contributed by atoms with van der Waals surface area (Å²) in [4.78, 5) is 54.1. The summed E-state index contributed by atoms with van der Waals surface area (Å²) in [6.45, 7) is 0.513. The van der Waals surface area contributed by atoms with Crippen LogP contribution in [0.15, 0.2) is 120 Å². The standard InChI is InChI=1S/C35H39N7O4.C2HF3O2/c36-31(43)30(17-10-22-40-33(37)38)42(24-26-20-18-25(19-21-26)23-41-34(39)45)32(44)35(27-11-4-1-5-12-27,28-13-6-2-7-14-28)46-29-15-8-3-9-16-29;3-2(4,5)1(6)7/h1-9,11-16,18-21,30H,10,17,22-24H2,(H2,36,43)(H4,37,38,40)(H3,39,41,45);(H,6,7)/t30-;/m1./s1. The summed E-state index contributed by atoms with van der Waals surface area (Å²) in [6, 6.07) is 33.0. The predicted molar refractivity (Wildman–Crippen MR) is 191 cm³/mol. The molecule has 1 atom stereocenters. The van der Waals surface area contributed by atoms with Crippen LogP contribution in [0.5, 0.6) is 5.75 Å². The minimum Gasteiger partial charge on any atom is -0.475 e. The zero-order valence-electron chi connectivity index (χ0n) is 28.4. The number of carboxylic acids is 1. The Morgan fingerprint density at radius 2 is 1.23 bits per heavy atom. The van der Waals surface area contributed by atoms with Crippen LogP contribution in [0, 0.1) is 0 Å². The van der Waals surface area contributed by atoms with Gasteiger partial charge in [-0.3, -0.25) is 14.6 Å². The van der Waals surface area contributed by atoms with Gasteiger partial charge in [-0.2, -0.15) is 13.2 Å². The number of carbonyl (C=O) groups excluding carboxylic acids is 3. The molecule has 0 unspecified atom stereocenters. The fraction of sp³-hybridized carbons (Fsp3) is 0.216. The summed E-state index contributed by atoms with van der Waals surface area (Å²) in [5.41, 5.74) is 23.2. The fourth-order valence-corrected chi connectivity index (χ4v) is 5.20. The molecule has 0 aliphatic rings. The maximum absolute atomic E-state index is 15.4. The van der Waals surface area contributed by atoms with E-state index in [-0.39, 0.29) is 32.0 Å². The van der Waals surface area contributed by atoms with Crippen molar-refractivity contribution in [2.45, 2.75) is 43.8 Å². The van der Waals surface area contributed by atoms with Crippen LogP contribution in [0.3, 0.4) is 0 Å². The second-order valence-electron chi connectivity index (χ2n) is 11.5. The Morgan fingerprint density at radius 1 is 0.755 bits per heavy atom. The first-order valence-corrected chi connectivity index (χ1v) is 16.1. The van der Waals surface area contributed by atoms with Gasteiger partial charge < -0.3 is 43.0 Å². The van der Waals surface area contributed by atoms with Crippen molar-refractivity contribution in [3.63, 3.8) is 0 Å². The molecule has 0 spiro atoms. The van der Waals surface area contributed by atoms with Crippen LogP contribution in [-0.2, 0) is 33.1 Å². The van der Waals surface area contributed by atoms with E-state index in [4.69, 9.17) is 37.6 Å². The van der Waals surface area contributed by atoms with Gasteiger partial charge in [-0.25, -0.2) is 9.59 Å². The van der Waals surface area contributed by atoms with Crippen molar-refractivity contribution in [3.8, 4) is 5.75 Å². The number of hydrogen-bond donors (Lipinski definition) is 6. The topological polar surface area (TPSA) is 229 Å². The van der Waals surface area contributed by atoms with Crippen LogP contribution >= 0.6 is 0 Å². The molecule has 10 N–H and O–H groups in total. The van der Waals surface area contributed by atoms with E-state index in [1.54, 1.807) is 12.1 Å². The maximum atomic E-state index is 15.4. The van der Waals surface area contributed by atoms with Gasteiger partial charge in [0.1, 0.15) is 11.8 Å². The number of halogens is 3. The second-order valence-corrected chi connectivity index (χ2v) is 11.5. The number of aliphatic imine (C=N–C) groups is 1. The van der Waals surface area contributed by atoms with Gasteiger partial charge in [0, 0.05) is 30.8 Å². The molecule has 0 heterocycles. The molecule has 0 radical (unpaired) electrons. The Kier molecular flexibility index (Phi) is 14.8. The van der Waals surface area contributed by atoms with E-state index >= 15 is 4.79 Å². The van der Waals surface area contributed by atoms with Crippen LogP contribution in [0.2, 0.25) is 0 Å². The summed E-state index contributed by atoms with van der Waals surface area (Å²) in [5, 5.41) is 9.68. The summed E-state index contributed by atoms with van der Waals surface area (Å²) < 4.78 is 38.5. The first-order valence-electron chi connectivity index (χ1n) is 16.1. The van der Waals surface area contributed by atoms with Crippen molar-refractivity contribution in [3.05, 3.63) is 138 Å². The van der Waals surface area contributed by atoms with Crippen molar-refractivity contribution in [1.29, 1.82) is 0 Å². The Labute approximate surface area is 303 Å². The molecule has 0 aromatic heterocycles. The molecule has 0 bridgehead atoms. The third-order valence-corrected chi connectivity index (χ3v) is 7.66. The number of carboxylic acid groups (broad SMARTS) is 1. The maximum Gasteiger partial charge on any atom is 0.490 e. The molecule has 280 valence electrons. The number of carbonyl (C=O) groups is 4. The fourth-order valence-electron chi connectivity index (χ4n) is 5.20. The molecule has 13 nitrogen and oxygen atoms in total. The van der Waals surface area contributed by atoms with Crippen molar-refractivity contribution in [2.75, 3.05) is 6.54 Å². The molecule has 0 saturated carbocycles. The van der Waals surface area contributed by atoms with Crippen molar-refractivity contribution in [2.24, 2.45) is 27.9 Å². The zero-order chi connectivity index (χ0) is 39.0. The summed E-state index contributed by atoms with van der Waals surface area (Å²) >= 11 is 0. The minimum absolute atomic E-state index is 0.0256. The number of amides is 4.